The lowest BCUT2D eigenvalue weighted by atomic mass is 10.2. The second-order valence-electron chi connectivity index (χ2n) is 9.43. The summed E-state index contributed by atoms with van der Waals surface area (Å²) in [6.45, 7) is 0. The van der Waals surface area contributed by atoms with E-state index in [0.29, 0.717) is 36.8 Å². The second-order valence-corrected chi connectivity index (χ2v) is 13.6. The van der Waals surface area contributed by atoms with Crippen molar-refractivity contribution in [2.75, 3.05) is 5.32 Å². The first kappa shape index (κ1) is 31.2. The number of rotatable bonds is 7. The number of hydrogen-bond donors (Lipinski definition) is 2. The number of hydrazone groups is 1. The molecule has 0 aliphatic rings. The number of carbonyl (C=O) groups excluding carboxylic acids is 3. The van der Waals surface area contributed by atoms with E-state index >= 15 is 0 Å². The number of benzene rings is 4. The van der Waals surface area contributed by atoms with Crippen LogP contribution in [0.15, 0.2) is 94.5 Å². The largest absolute Gasteiger partial charge is 0.422 e. The zero-order valence-corrected chi connectivity index (χ0v) is 28.1. The quantitative estimate of drug-likeness (QED) is 0.0734. The van der Waals surface area contributed by atoms with Crippen molar-refractivity contribution in [3.05, 3.63) is 125 Å². The summed E-state index contributed by atoms with van der Waals surface area (Å²) in [7, 11) is 0. The van der Waals surface area contributed by atoms with Crippen LogP contribution in [-0.2, 0) is 0 Å². The summed E-state index contributed by atoms with van der Waals surface area (Å²) in [5, 5.41) is 9.57. The molecule has 7 nitrogen and oxygen atoms in total. The van der Waals surface area contributed by atoms with E-state index in [-0.39, 0.29) is 16.5 Å². The van der Waals surface area contributed by atoms with Gasteiger partial charge in [-0.2, -0.15) is 5.10 Å². The predicted octanol–water partition coefficient (Wildman–Crippen LogP) is 10.1. The number of nitrogens with one attached hydrogen (secondary N) is 2. The van der Waals surface area contributed by atoms with Crippen LogP contribution >= 0.6 is 73.4 Å². The molecule has 0 saturated heterocycles. The van der Waals surface area contributed by atoms with Crippen molar-refractivity contribution in [1.29, 1.82) is 0 Å². The van der Waals surface area contributed by atoms with Gasteiger partial charge in [-0.15, -0.1) is 22.7 Å². The summed E-state index contributed by atoms with van der Waals surface area (Å²) >= 11 is 24.9. The molecule has 2 aromatic heterocycles. The van der Waals surface area contributed by atoms with E-state index in [4.69, 9.17) is 39.5 Å². The highest BCUT2D eigenvalue weighted by molar-refractivity contribution is 9.10. The van der Waals surface area contributed by atoms with Gasteiger partial charge in [0.1, 0.15) is 15.5 Å². The SMILES string of the molecule is O=C(N/N=C\c1ccccc1OC(=O)c1sc2cc(Br)ccc2c1Cl)c1ccc(NC(=O)c2sc3cc(Cl)ccc3c2Cl)cc1. The molecule has 6 rings (SSSR count). The zero-order valence-electron chi connectivity index (χ0n) is 22.6. The van der Waals surface area contributed by atoms with Crippen LogP contribution in [-0.4, -0.2) is 24.0 Å². The lowest BCUT2D eigenvalue weighted by molar-refractivity contribution is 0.0739. The van der Waals surface area contributed by atoms with Gasteiger partial charge in [0.15, 0.2) is 0 Å². The molecule has 2 heterocycles. The second kappa shape index (κ2) is 13.3. The molecule has 0 unspecified atom stereocenters. The summed E-state index contributed by atoms with van der Waals surface area (Å²) in [5.41, 5.74) is 3.71. The Balaban J connectivity index is 1.09. The predicted molar refractivity (Wildman–Crippen MR) is 187 cm³/mol. The van der Waals surface area contributed by atoms with Crippen molar-refractivity contribution < 1.29 is 19.1 Å². The number of carbonyl (C=O) groups is 3. The minimum atomic E-state index is -0.603. The van der Waals surface area contributed by atoms with Gasteiger partial charge < -0.3 is 10.1 Å². The molecule has 6 aromatic rings. The van der Waals surface area contributed by atoms with E-state index in [1.165, 1.54) is 28.9 Å². The minimum Gasteiger partial charge on any atom is -0.422 e. The summed E-state index contributed by atoms with van der Waals surface area (Å²) in [6.07, 6.45) is 1.38. The van der Waals surface area contributed by atoms with E-state index in [1.807, 2.05) is 18.2 Å². The van der Waals surface area contributed by atoms with Crippen LogP contribution in [0.5, 0.6) is 5.75 Å². The third-order valence-electron chi connectivity index (χ3n) is 6.47. The Bertz CT molecular complexity index is 2160. The van der Waals surface area contributed by atoms with Gasteiger partial charge in [-0.05, 0) is 60.7 Å². The molecule has 0 saturated carbocycles. The Morgan fingerprint density at radius 3 is 2.22 bits per heavy atom. The summed E-state index contributed by atoms with van der Waals surface area (Å²) in [6, 6.07) is 23.9. The van der Waals surface area contributed by atoms with Gasteiger partial charge in [-0.3, -0.25) is 9.59 Å². The highest BCUT2D eigenvalue weighted by Crippen LogP contribution is 2.38. The molecule has 45 heavy (non-hydrogen) atoms. The fraction of sp³-hybridized carbons (Fsp3) is 0. The van der Waals surface area contributed by atoms with Crippen LogP contribution in [0.2, 0.25) is 15.1 Å². The molecule has 0 atom stereocenters. The van der Waals surface area contributed by atoms with Crippen molar-refractivity contribution >= 4 is 123 Å². The number of hydrogen-bond acceptors (Lipinski definition) is 7. The first-order valence-corrected chi connectivity index (χ1v) is 16.5. The number of halogens is 4. The number of ether oxygens (including phenoxy) is 1. The van der Waals surface area contributed by atoms with Crippen LogP contribution < -0.4 is 15.5 Å². The van der Waals surface area contributed by atoms with Crippen molar-refractivity contribution in [3.8, 4) is 5.75 Å². The number of anilines is 1. The topological polar surface area (TPSA) is 96.9 Å². The van der Waals surface area contributed by atoms with Gasteiger partial charge in [0, 0.05) is 46.5 Å². The van der Waals surface area contributed by atoms with Crippen LogP contribution in [0.25, 0.3) is 20.2 Å². The van der Waals surface area contributed by atoms with E-state index < -0.39 is 11.9 Å². The first-order valence-electron chi connectivity index (χ1n) is 13.0. The number of thiophene rings is 2. The molecule has 0 spiro atoms. The molecule has 0 aliphatic carbocycles. The van der Waals surface area contributed by atoms with Crippen LogP contribution in [0.1, 0.15) is 35.3 Å². The van der Waals surface area contributed by atoms with Crippen LogP contribution in [0.3, 0.4) is 0 Å². The van der Waals surface area contributed by atoms with Crippen LogP contribution in [0, 0.1) is 0 Å². The molecule has 0 radical (unpaired) electrons. The van der Waals surface area contributed by atoms with Gasteiger partial charge in [0.2, 0.25) is 0 Å². The molecule has 2 amide bonds. The maximum atomic E-state index is 13.0. The smallest absolute Gasteiger partial charge is 0.355 e. The lowest BCUT2D eigenvalue weighted by Crippen LogP contribution is -2.18. The third kappa shape index (κ3) is 6.76. The van der Waals surface area contributed by atoms with Gasteiger partial charge in [-0.1, -0.05) is 75.0 Å². The van der Waals surface area contributed by atoms with Crippen LogP contribution in [0.4, 0.5) is 5.69 Å². The van der Waals surface area contributed by atoms with Crippen molar-refractivity contribution in [1.82, 2.24) is 5.43 Å². The van der Waals surface area contributed by atoms with Gasteiger partial charge in [0.25, 0.3) is 11.8 Å². The lowest BCUT2D eigenvalue weighted by Gasteiger charge is -2.07. The Labute approximate surface area is 287 Å². The number of amides is 2. The molecule has 0 bridgehead atoms. The fourth-order valence-electron chi connectivity index (χ4n) is 4.30. The molecule has 224 valence electrons. The molecule has 0 aliphatic heterocycles. The molecule has 4 aromatic carbocycles. The monoisotopic (exact) mass is 755 g/mol. The van der Waals surface area contributed by atoms with Crippen molar-refractivity contribution in [2.45, 2.75) is 0 Å². The number of fused-ring (bicyclic) bond motifs is 2. The fourth-order valence-corrected chi connectivity index (χ4v) is 7.92. The average molecular weight is 758 g/mol. The average Bonchev–Trinajstić information content (AvgIpc) is 3.53. The number of esters is 1. The van der Waals surface area contributed by atoms with Gasteiger partial charge in [-0.25, -0.2) is 10.2 Å². The zero-order chi connectivity index (χ0) is 31.7. The maximum Gasteiger partial charge on any atom is 0.355 e. The molecule has 2 N–H and O–H groups in total. The summed E-state index contributed by atoms with van der Waals surface area (Å²) in [4.78, 5) is 39.2. The summed E-state index contributed by atoms with van der Waals surface area (Å²) in [5.74, 6) is -1.21. The minimum absolute atomic E-state index is 0.247. The van der Waals surface area contributed by atoms with E-state index in [9.17, 15) is 14.4 Å². The molecule has 13 heteroatoms. The van der Waals surface area contributed by atoms with E-state index in [1.54, 1.807) is 66.7 Å². The first-order chi connectivity index (χ1) is 21.7. The van der Waals surface area contributed by atoms with Gasteiger partial charge >= 0.3 is 5.97 Å². The highest BCUT2D eigenvalue weighted by Gasteiger charge is 2.21. The Morgan fingerprint density at radius 2 is 1.44 bits per heavy atom. The number of para-hydroxylation sites is 1. The molecular formula is C32H17BrCl3N3O4S2. The van der Waals surface area contributed by atoms with Crippen molar-refractivity contribution in [3.63, 3.8) is 0 Å². The Kier molecular flexibility index (Phi) is 9.23. The standard InChI is InChI=1S/C32H17BrCl3N3O4S2/c33-18-7-11-21-24(13-18)45-29(27(21)36)32(42)43-23-4-2-1-3-17(23)15-37-39-30(40)16-5-9-20(10-6-16)38-31(41)28-26(35)22-12-8-19(34)14-25(22)44-28/h1-15H,(H,38,41)(H,39,40)/b37-15-. The molecular weight excluding hydrogens is 741 g/mol. The third-order valence-corrected chi connectivity index (χ3v) is 10.5. The number of nitrogens with zero attached hydrogens (tertiary/aromatic N) is 1. The van der Waals surface area contributed by atoms with E-state index in [2.05, 4.69) is 31.8 Å². The Hall–Kier alpha value is -3.77. The highest BCUT2D eigenvalue weighted by atomic mass is 79.9. The van der Waals surface area contributed by atoms with Crippen molar-refractivity contribution in [2.24, 2.45) is 5.10 Å². The normalized spacial score (nSPS) is 11.3. The Morgan fingerprint density at radius 1 is 0.778 bits per heavy atom. The summed E-state index contributed by atoms with van der Waals surface area (Å²) < 4.78 is 8.17. The van der Waals surface area contributed by atoms with Gasteiger partial charge in [0.05, 0.1) is 16.3 Å². The maximum absolute atomic E-state index is 13.0. The van der Waals surface area contributed by atoms with E-state index in [0.717, 1.165) is 24.6 Å². The molecule has 0 fully saturated rings.